The Morgan fingerprint density at radius 3 is 2.93 bits per heavy atom. The Bertz CT molecular complexity index is 960. The fourth-order valence-electron chi connectivity index (χ4n) is 3.27. The van der Waals surface area contributed by atoms with Gasteiger partial charge in [0.05, 0.1) is 25.5 Å². The average molecular weight is 363 g/mol. The lowest BCUT2D eigenvalue weighted by molar-refractivity contribution is -0.0247. The molecule has 1 amide bonds. The number of hydrogen-bond donors (Lipinski definition) is 0. The van der Waals surface area contributed by atoms with Crippen LogP contribution in [-0.4, -0.2) is 47.1 Å². The van der Waals surface area contributed by atoms with Crippen LogP contribution in [0.3, 0.4) is 0 Å². The Morgan fingerprint density at radius 1 is 1.22 bits per heavy atom. The van der Waals surface area contributed by atoms with E-state index in [9.17, 15) is 4.79 Å². The molecule has 0 N–H and O–H groups in total. The van der Waals surface area contributed by atoms with Gasteiger partial charge in [-0.05, 0) is 30.5 Å². The van der Waals surface area contributed by atoms with Crippen molar-refractivity contribution >= 4 is 16.7 Å². The van der Waals surface area contributed by atoms with E-state index in [0.29, 0.717) is 37.7 Å². The van der Waals surface area contributed by atoms with Crippen molar-refractivity contribution in [3.05, 3.63) is 66.1 Å². The molecule has 0 saturated carbocycles. The van der Waals surface area contributed by atoms with Crippen molar-refractivity contribution in [2.24, 2.45) is 0 Å². The van der Waals surface area contributed by atoms with Crippen molar-refractivity contribution in [2.45, 2.75) is 13.0 Å². The number of pyridine rings is 2. The Balaban J connectivity index is 1.56. The second-order valence-electron chi connectivity index (χ2n) is 6.36. The molecule has 1 atom stereocenters. The van der Waals surface area contributed by atoms with Crippen LogP contribution >= 0.6 is 0 Å². The zero-order valence-corrected chi connectivity index (χ0v) is 15.2. The SMILES string of the molecule is CCOc1ncccc1C(=O)N1CCO[C@H](c2cc3ccccc3cn2)C1. The molecule has 138 valence electrons. The molecule has 0 spiro atoms. The first-order chi connectivity index (χ1) is 13.3. The number of aromatic nitrogens is 2. The van der Waals surface area contributed by atoms with E-state index >= 15 is 0 Å². The normalized spacial score (nSPS) is 17.1. The van der Waals surface area contributed by atoms with Crippen LogP contribution in [0.25, 0.3) is 10.8 Å². The van der Waals surface area contributed by atoms with Gasteiger partial charge in [0.1, 0.15) is 11.7 Å². The van der Waals surface area contributed by atoms with Gasteiger partial charge < -0.3 is 14.4 Å². The average Bonchev–Trinajstić information content (AvgIpc) is 2.73. The molecule has 0 radical (unpaired) electrons. The number of amides is 1. The van der Waals surface area contributed by atoms with Gasteiger partial charge in [0.25, 0.3) is 5.91 Å². The molecule has 2 aromatic heterocycles. The van der Waals surface area contributed by atoms with Crippen molar-refractivity contribution in [3.8, 4) is 5.88 Å². The van der Waals surface area contributed by atoms with E-state index in [1.165, 1.54) is 0 Å². The number of fused-ring (bicyclic) bond motifs is 1. The zero-order valence-electron chi connectivity index (χ0n) is 15.2. The third-order valence-electron chi connectivity index (χ3n) is 4.62. The molecule has 1 fully saturated rings. The highest BCUT2D eigenvalue weighted by Gasteiger charge is 2.28. The van der Waals surface area contributed by atoms with Crippen molar-refractivity contribution in [3.63, 3.8) is 0 Å². The van der Waals surface area contributed by atoms with Gasteiger partial charge in [-0.15, -0.1) is 0 Å². The lowest BCUT2D eigenvalue weighted by atomic mass is 10.1. The summed E-state index contributed by atoms with van der Waals surface area (Å²) in [6.45, 7) is 3.78. The van der Waals surface area contributed by atoms with E-state index in [1.54, 1.807) is 23.2 Å². The fourth-order valence-corrected chi connectivity index (χ4v) is 3.27. The van der Waals surface area contributed by atoms with E-state index in [1.807, 2.05) is 37.4 Å². The summed E-state index contributed by atoms with van der Waals surface area (Å²) in [6.07, 6.45) is 3.23. The van der Waals surface area contributed by atoms with Crippen molar-refractivity contribution in [1.29, 1.82) is 0 Å². The molecular weight excluding hydrogens is 342 g/mol. The zero-order chi connectivity index (χ0) is 18.6. The molecule has 1 saturated heterocycles. The highest BCUT2D eigenvalue weighted by Crippen LogP contribution is 2.26. The van der Waals surface area contributed by atoms with Crippen LogP contribution in [-0.2, 0) is 4.74 Å². The highest BCUT2D eigenvalue weighted by molar-refractivity contribution is 5.96. The minimum atomic E-state index is -0.250. The maximum Gasteiger partial charge on any atom is 0.259 e. The Morgan fingerprint density at radius 2 is 2.07 bits per heavy atom. The maximum atomic E-state index is 13.0. The van der Waals surface area contributed by atoms with Crippen LogP contribution in [0.5, 0.6) is 5.88 Å². The third-order valence-corrected chi connectivity index (χ3v) is 4.62. The van der Waals surface area contributed by atoms with Crippen LogP contribution in [0.2, 0.25) is 0 Å². The summed E-state index contributed by atoms with van der Waals surface area (Å²) in [5, 5.41) is 2.20. The molecule has 0 unspecified atom stereocenters. The van der Waals surface area contributed by atoms with Gasteiger partial charge in [-0.25, -0.2) is 4.98 Å². The quantitative estimate of drug-likeness (QED) is 0.712. The molecule has 6 heteroatoms. The van der Waals surface area contributed by atoms with Gasteiger partial charge in [0.2, 0.25) is 5.88 Å². The van der Waals surface area contributed by atoms with Crippen LogP contribution < -0.4 is 4.74 Å². The number of morpholine rings is 1. The smallest absolute Gasteiger partial charge is 0.259 e. The predicted molar refractivity (Wildman–Crippen MR) is 102 cm³/mol. The van der Waals surface area contributed by atoms with Gasteiger partial charge in [-0.1, -0.05) is 24.3 Å². The first-order valence-electron chi connectivity index (χ1n) is 9.09. The molecule has 0 aliphatic carbocycles. The number of nitrogens with zero attached hydrogens (tertiary/aromatic N) is 3. The monoisotopic (exact) mass is 363 g/mol. The lowest BCUT2D eigenvalue weighted by Crippen LogP contribution is -2.42. The summed E-state index contributed by atoms with van der Waals surface area (Å²) in [6, 6.07) is 13.6. The topological polar surface area (TPSA) is 64.5 Å². The second kappa shape index (κ2) is 7.72. The summed E-state index contributed by atoms with van der Waals surface area (Å²) >= 11 is 0. The molecule has 1 aromatic carbocycles. The first-order valence-corrected chi connectivity index (χ1v) is 9.09. The number of carbonyl (C=O) groups is 1. The minimum Gasteiger partial charge on any atom is -0.477 e. The van der Waals surface area contributed by atoms with E-state index in [2.05, 4.69) is 16.0 Å². The second-order valence-corrected chi connectivity index (χ2v) is 6.36. The molecule has 3 aromatic rings. The van der Waals surface area contributed by atoms with Gasteiger partial charge in [-0.3, -0.25) is 9.78 Å². The molecule has 1 aliphatic heterocycles. The van der Waals surface area contributed by atoms with Gasteiger partial charge >= 0.3 is 0 Å². The molecule has 3 heterocycles. The van der Waals surface area contributed by atoms with Gasteiger partial charge in [-0.2, -0.15) is 0 Å². The molecule has 27 heavy (non-hydrogen) atoms. The van der Waals surface area contributed by atoms with Crippen LogP contribution in [0, 0.1) is 0 Å². The number of ether oxygens (including phenoxy) is 2. The van der Waals surface area contributed by atoms with Crippen molar-refractivity contribution in [1.82, 2.24) is 14.9 Å². The van der Waals surface area contributed by atoms with Crippen LogP contribution in [0.15, 0.2) is 54.9 Å². The summed E-state index contributed by atoms with van der Waals surface area (Å²) < 4.78 is 11.4. The number of rotatable bonds is 4. The number of carbonyl (C=O) groups excluding carboxylic acids is 1. The highest BCUT2D eigenvalue weighted by atomic mass is 16.5. The molecule has 1 aliphatic rings. The van der Waals surface area contributed by atoms with Gasteiger partial charge in [0, 0.05) is 24.3 Å². The lowest BCUT2D eigenvalue weighted by Gasteiger charge is -2.33. The van der Waals surface area contributed by atoms with Gasteiger partial charge in [0.15, 0.2) is 0 Å². The Kier molecular flexibility index (Phi) is 4.98. The molecule has 4 rings (SSSR count). The largest absolute Gasteiger partial charge is 0.477 e. The summed E-state index contributed by atoms with van der Waals surface area (Å²) in [5.41, 5.74) is 1.31. The molecule has 6 nitrogen and oxygen atoms in total. The predicted octanol–water partition coefficient (Wildman–Crippen LogP) is 3.24. The van der Waals surface area contributed by atoms with Crippen LogP contribution in [0.4, 0.5) is 0 Å². The van der Waals surface area contributed by atoms with E-state index in [0.717, 1.165) is 16.5 Å². The summed E-state index contributed by atoms with van der Waals surface area (Å²) in [5.74, 6) is 0.275. The molecule has 0 bridgehead atoms. The van der Waals surface area contributed by atoms with Crippen molar-refractivity contribution < 1.29 is 14.3 Å². The third kappa shape index (κ3) is 3.61. The Labute approximate surface area is 157 Å². The fraction of sp³-hybridized carbons (Fsp3) is 0.286. The Hall–Kier alpha value is -2.99. The van der Waals surface area contributed by atoms with E-state index in [4.69, 9.17) is 9.47 Å². The number of hydrogen-bond acceptors (Lipinski definition) is 5. The van der Waals surface area contributed by atoms with E-state index in [-0.39, 0.29) is 12.0 Å². The molecular formula is C21H21N3O3. The van der Waals surface area contributed by atoms with Crippen molar-refractivity contribution in [2.75, 3.05) is 26.3 Å². The maximum absolute atomic E-state index is 13.0. The van der Waals surface area contributed by atoms with E-state index < -0.39 is 0 Å². The number of benzene rings is 1. The summed E-state index contributed by atoms with van der Waals surface area (Å²) in [7, 11) is 0. The van der Waals surface area contributed by atoms with Crippen LogP contribution in [0.1, 0.15) is 29.1 Å². The minimum absolute atomic E-state index is 0.0966. The first kappa shape index (κ1) is 17.4. The summed E-state index contributed by atoms with van der Waals surface area (Å²) in [4.78, 5) is 23.5. The standard InChI is InChI=1S/C21H21N3O3/c1-2-26-20-17(8-5-9-22-20)21(25)24-10-11-27-19(14-24)18-12-15-6-3-4-7-16(15)13-23-18/h3-9,12-13,19H,2,10-11,14H2,1H3/t19-/m0/s1.